The highest BCUT2D eigenvalue weighted by atomic mass is 19.4. The Bertz CT molecular complexity index is 824. The highest BCUT2D eigenvalue weighted by Crippen LogP contribution is 2.25. The van der Waals surface area contributed by atoms with Gasteiger partial charge in [-0.15, -0.1) is 13.2 Å². The van der Waals surface area contributed by atoms with Gasteiger partial charge in [0.1, 0.15) is 5.75 Å². The molecule has 0 saturated carbocycles. The number of aromatic nitrogens is 2. The third-order valence-electron chi connectivity index (χ3n) is 4.27. The fourth-order valence-corrected chi connectivity index (χ4v) is 2.81. The smallest absolute Gasteiger partial charge is 0.406 e. The van der Waals surface area contributed by atoms with E-state index in [0.717, 1.165) is 13.0 Å². The lowest BCUT2D eigenvalue weighted by atomic mass is 10.0. The van der Waals surface area contributed by atoms with Crippen LogP contribution in [0.5, 0.6) is 5.75 Å². The number of anilines is 1. The summed E-state index contributed by atoms with van der Waals surface area (Å²) in [5.41, 5.74) is 1.63. The molecule has 1 amide bonds. The molecule has 1 aliphatic heterocycles. The third-order valence-corrected chi connectivity index (χ3v) is 4.27. The summed E-state index contributed by atoms with van der Waals surface area (Å²) in [7, 11) is 0. The zero-order valence-electron chi connectivity index (χ0n) is 14.9. The van der Waals surface area contributed by atoms with Crippen LogP contribution in [0.1, 0.15) is 34.8 Å². The van der Waals surface area contributed by atoms with Crippen LogP contribution in [-0.2, 0) is 6.54 Å². The van der Waals surface area contributed by atoms with Gasteiger partial charge in [-0.25, -0.2) is 9.97 Å². The first-order valence-electron chi connectivity index (χ1n) is 8.44. The molecule has 0 bridgehead atoms. The van der Waals surface area contributed by atoms with Crippen molar-refractivity contribution < 1.29 is 22.7 Å². The first-order valence-corrected chi connectivity index (χ1v) is 8.44. The van der Waals surface area contributed by atoms with Gasteiger partial charge in [0.15, 0.2) is 0 Å². The summed E-state index contributed by atoms with van der Waals surface area (Å²) in [6, 6.07) is 4.57. The molecule has 144 valence electrons. The minimum absolute atomic E-state index is 0.104. The van der Waals surface area contributed by atoms with Crippen LogP contribution in [0.15, 0.2) is 30.6 Å². The number of carbonyl (C=O) groups excluding carboxylic acids is 1. The monoisotopic (exact) mass is 380 g/mol. The van der Waals surface area contributed by atoms with Crippen molar-refractivity contribution in [3.05, 3.63) is 47.3 Å². The maximum Gasteiger partial charge on any atom is 0.573 e. The molecule has 1 aromatic heterocycles. The van der Waals surface area contributed by atoms with E-state index in [9.17, 15) is 18.0 Å². The number of likely N-dealkylation sites (tertiary alicyclic amines) is 1. The number of nitrogens with one attached hydrogen (secondary N) is 1. The minimum Gasteiger partial charge on any atom is -0.406 e. The summed E-state index contributed by atoms with van der Waals surface area (Å²) in [4.78, 5) is 22.2. The summed E-state index contributed by atoms with van der Waals surface area (Å²) in [5.74, 6) is -0.0965. The molecule has 0 aliphatic carbocycles. The standard InChI is InChI=1S/C18H19F3N4O2/c1-11-5-13(7-15(6-11)27-18(19,20)21)8-22-17-23-9-14(10-24-17)16(26)25-4-3-12(25)2/h5-7,9-10,12H,3-4,8H2,1-2H3,(H,22,23,24). The zero-order chi connectivity index (χ0) is 19.6. The van der Waals surface area contributed by atoms with Crippen molar-refractivity contribution >= 4 is 11.9 Å². The van der Waals surface area contributed by atoms with E-state index in [-0.39, 0.29) is 30.2 Å². The Kier molecular flexibility index (Phi) is 5.20. The second-order valence-corrected chi connectivity index (χ2v) is 6.49. The molecule has 2 heterocycles. The van der Waals surface area contributed by atoms with Gasteiger partial charge in [-0.1, -0.05) is 6.07 Å². The van der Waals surface area contributed by atoms with Gasteiger partial charge in [0.25, 0.3) is 5.91 Å². The van der Waals surface area contributed by atoms with Crippen molar-refractivity contribution in [2.45, 2.75) is 39.2 Å². The van der Waals surface area contributed by atoms with Crippen molar-refractivity contribution in [1.29, 1.82) is 0 Å². The van der Waals surface area contributed by atoms with E-state index in [1.54, 1.807) is 17.9 Å². The zero-order valence-corrected chi connectivity index (χ0v) is 14.9. The van der Waals surface area contributed by atoms with E-state index in [1.807, 2.05) is 6.92 Å². The Hall–Kier alpha value is -2.84. The van der Waals surface area contributed by atoms with Crippen LogP contribution >= 0.6 is 0 Å². The summed E-state index contributed by atoms with van der Waals surface area (Å²) in [5, 5.41) is 2.93. The Morgan fingerprint density at radius 1 is 1.30 bits per heavy atom. The molecule has 1 aliphatic rings. The molecular formula is C18H19F3N4O2. The molecule has 2 aromatic rings. The normalized spacial score (nSPS) is 16.6. The molecule has 1 fully saturated rings. The van der Waals surface area contributed by atoms with Crippen LogP contribution < -0.4 is 10.1 Å². The molecule has 1 atom stereocenters. The topological polar surface area (TPSA) is 67.4 Å². The number of alkyl halides is 3. The number of halogens is 3. The van der Waals surface area contributed by atoms with Crippen LogP contribution in [0.2, 0.25) is 0 Å². The van der Waals surface area contributed by atoms with E-state index in [1.165, 1.54) is 24.5 Å². The van der Waals surface area contributed by atoms with Crippen molar-refractivity contribution in [2.75, 3.05) is 11.9 Å². The minimum atomic E-state index is -4.74. The molecule has 6 nitrogen and oxygen atoms in total. The number of hydrogen-bond acceptors (Lipinski definition) is 5. The summed E-state index contributed by atoms with van der Waals surface area (Å²) < 4.78 is 41.1. The highest BCUT2D eigenvalue weighted by Gasteiger charge is 2.31. The Labute approximate surface area is 154 Å². The average molecular weight is 380 g/mol. The van der Waals surface area contributed by atoms with E-state index in [2.05, 4.69) is 20.0 Å². The van der Waals surface area contributed by atoms with Gasteiger partial charge in [0.2, 0.25) is 5.95 Å². The fourth-order valence-electron chi connectivity index (χ4n) is 2.81. The number of ether oxygens (including phenoxy) is 1. The van der Waals surface area contributed by atoms with Gasteiger partial charge in [-0.2, -0.15) is 0 Å². The first kappa shape index (κ1) is 18.9. The molecule has 1 saturated heterocycles. The quantitative estimate of drug-likeness (QED) is 0.860. The number of aryl methyl sites for hydroxylation is 1. The van der Waals surface area contributed by atoms with Gasteiger partial charge < -0.3 is 15.0 Å². The number of hydrogen-bond donors (Lipinski definition) is 1. The summed E-state index contributed by atoms with van der Waals surface area (Å²) >= 11 is 0. The fraction of sp³-hybridized carbons (Fsp3) is 0.389. The van der Waals surface area contributed by atoms with Crippen LogP contribution in [0, 0.1) is 6.92 Å². The SMILES string of the molecule is Cc1cc(CNc2ncc(C(=O)N3CCC3C)cn2)cc(OC(F)(F)F)c1. The number of benzene rings is 1. The van der Waals surface area contributed by atoms with Gasteiger partial charge in [-0.3, -0.25) is 4.79 Å². The van der Waals surface area contributed by atoms with Crippen molar-refractivity contribution in [3.8, 4) is 5.75 Å². The Morgan fingerprint density at radius 2 is 2.00 bits per heavy atom. The van der Waals surface area contributed by atoms with E-state index < -0.39 is 6.36 Å². The molecule has 1 N–H and O–H groups in total. The van der Waals surface area contributed by atoms with E-state index >= 15 is 0 Å². The largest absolute Gasteiger partial charge is 0.573 e. The number of carbonyl (C=O) groups is 1. The predicted molar refractivity (Wildman–Crippen MR) is 92.3 cm³/mol. The summed E-state index contributed by atoms with van der Waals surface area (Å²) in [6.45, 7) is 4.61. The maximum atomic E-state index is 12.4. The lowest BCUT2D eigenvalue weighted by Crippen LogP contribution is -2.49. The Morgan fingerprint density at radius 3 is 2.56 bits per heavy atom. The average Bonchev–Trinajstić information content (AvgIpc) is 2.57. The van der Waals surface area contributed by atoms with Gasteiger partial charge >= 0.3 is 6.36 Å². The van der Waals surface area contributed by atoms with Crippen LogP contribution in [0.25, 0.3) is 0 Å². The van der Waals surface area contributed by atoms with Crippen LogP contribution in [0.4, 0.5) is 19.1 Å². The molecule has 3 rings (SSSR count). The lowest BCUT2D eigenvalue weighted by molar-refractivity contribution is -0.274. The van der Waals surface area contributed by atoms with Crippen molar-refractivity contribution in [3.63, 3.8) is 0 Å². The Balaban J connectivity index is 1.62. The maximum absolute atomic E-state index is 12.4. The van der Waals surface area contributed by atoms with Gasteiger partial charge in [-0.05, 0) is 43.5 Å². The second kappa shape index (κ2) is 7.42. The molecular weight excluding hydrogens is 361 g/mol. The third kappa shape index (κ3) is 4.87. The molecule has 1 aromatic carbocycles. The predicted octanol–water partition coefficient (Wildman–Crippen LogP) is 3.53. The number of rotatable bonds is 5. The van der Waals surface area contributed by atoms with Crippen molar-refractivity contribution in [2.24, 2.45) is 0 Å². The second-order valence-electron chi connectivity index (χ2n) is 6.49. The molecule has 1 unspecified atom stereocenters. The first-order chi connectivity index (χ1) is 12.7. The molecule has 9 heteroatoms. The van der Waals surface area contributed by atoms with Gasteiger partial charge in [0, 0.05) is 31.5 Å². The van der Waals surface area contributed by atoms with E-state index in [0.29, 0.717) is 16.7 Å². The molecule has 0 radical (unpaired) electrons. The van der Waals surface area contributed by atoms with Crippen LogP contribution in [0.3, 0.4) is 0 Å². The molecule has 27 heavy (non-hydrogen) atoms. The summed E-state index contributed by atoms with van der Waals surface area (Å²) in [6.07, 6.45) is -0.866. The molecule has 0 spiro atoms. The van der Waals surface area contributed by atoms with E-state index in [4.69, 9.17) is 0 Å². The number of nitrogens with zero attached hydrogens (tertiary/aromatic N) is 3. The number of amides is 1. The van der Waals surface area contributed by atoms with Gasteiger partial charge in [0.05, 0.1) is 5.56 Å². The highest BCUT2D eigenvalue weighted by molar-refractivity contribution is 5.94. The van der Waals surface area contributed by atoms with Crippen molar-refractivity contribution in [1.82, 2.24) is 14.9 Å². The van der Waals surface area contributed by atoms with Crippen LogP contribution in [-0.4, -0.2) is 39.7 Å². The lowest BCUT2D eigenvalue weighted by Gasteiger charge is -2.38.